The Balaban J connectivity index is 1.82. The Kier molecular flexibility index (Phi) is 14.2. The van der Waals surface area contributed by atoms with Crippen LogP contribution in [0.2, 0.25) is 36.3 Å². The van der Waals surface area contributed by atoms with Gasteiger partial charge in [0.2, 0.25) is 0 Å². The fourth-order valence-electron chi connectivity index (χ4n) is 6.10. The summed E-state index contributed by atoms with van der Waals surface area (Å²) in [5, 5.41) is 29.0. The predicted molar refractivity (Wildman–Crippen MR) is 228 cm³/mol. The topological polar surface area (TPSA) is 102 Å². The van der Waals surface area contributed by atoms with Crippen LogP contribution < -0.4 is 4.90 Å². The molecule has 54 heavy (non-hydrogen) atoms. The first-order chi connectivity index (χ1) is 24.9. The lowest BCUT2D eigenvalue weighted by molar-refractivity contribution is 0.0954. The van der Waals surface area contributed by atoms with Crippen LogP contribution in [-0.2, 0) is 13.6 Å². The molecule has 7 nitrogen and oxygen atoms in total. The summed E-state index contributed by atoms with van der Waals surface area (Å²) in [5.41, 5.74) is 4.67. The second kappa shape index (κ2) is 17.3. The van der Waals surface area contributed by atoms with E-state index in [0.29, 0.717) is 18.8 Å². The average molecular weight is 765 g/mol. The molecule has 0 saturated heterocycles. The molecule has 0 atom stereocenters. The first kappa shape index (κ1) is 44.5. The standard InChI is InChI=1S/C45H64N4O3Si2/c1-42(2,3)53(11,12)50-26-24-49(25-27-51-54(13,14)43(4,5)6)38-22-20-34(21-23-38)18-19-36-28-35(29-44(7,8)30-36)16-15-17-40-39(33-48)41(37(31-46)32-47)52-45(40,9)10/h15-23,28H,24-27,29-30H2,1-14H3/b17-15+,19-18+,35-16-. The van der Waals surface area contributed by atoms with Crippen LogP contribution in [0.3, 0.4) is 0 Å². The number of nitrogens with zero attached hydrogens (tertiary/aromatic N) is 4. The number of nitriles is 3. The molecule has 1 aliphatic heterocycles. The van der Waals surface area contributed by atoms with Gasteiger partial charge in [-0.05, 0) is 97.2 Å². The van der Waals surface area contributed by atoms with Gasteiger partial charge in [0.1, 0.15) is 29.4 Å². The number of allylic oxidation sites excluding steroid dienone is 8. The van der Waals surface area contributed by atoms with Crippen molar-refractivity contribution >= 4 is 28.4 Å². The van der Waals surface area contributed by atoms with Crippen molar-refractivity contribution in [2.24, 2.45) is 5.41 Å². The van der Waals surface area contributed by atoms with Crippen molar-refractivity contribution in [2.75, 3.05) is 31.2 Å². The van der Waals surface area contributed by atoms with Gasteiger partial charge in [0.05, 0.1) is 13.2 Å². The molecule has 0 spiro atoms. The molecule has 0 unspecified atom stereocenters. The van der Waals surface area contributed by atoms with E-state index in [4.69, 9.17) is 13.6 Å². The zero-order chi connectivity index (χ0) is 40.8. The predicted octanol–water partition coefficient (Wildman–Crippen LogP) is 11.7. The normalized spacial score (nSPS) is 18.4. The number of benzene rings is 1. The van der Waals surface area contributed by atoms with Crippen LogP contribution in [0, 0.1) is 39.4 Å². The van der Waals surface area contributed by atoms with Gasteiger partial charge < -0.3 is 18.5 Å². The molecule has 1 aromatic carbocycles. The molecular weight excluding hydrogens is 701 g/mol. The highest BCUT2D eigenvalue weighted by Crippen LogP contribution is 2.42. The average Bonchev–Trinajstić information content (AvgIpc) is 3.30. The Labute approximate surface area is 329 Å². The van der Waals surface area contributed by atoms with Gasteiger partial charge in [0.15, 0.2) is 28.0 Å². The number of ether oxygens (including phenoxy) is 1. The molecule has 3 rings (SSSR count). The maximum Gasteiger partial charge on any atom is 0.192 e. The minimum Gasteiger partial charge on any atom is -0.480 e. The van der Waals surface area contributed by atoms with Crippen LogP contribution >= 0.6 is 0 Å². The summed E-state index contributed by atoms with van der Waals surface area (Å²) >= 11 is 0. The number of anilines is 1. The van der Waals surface area contributed by atoms with Crippen LogP contribution in [0.5, 0.6) is 0 Å². The van der Waals surface area contributed by atoms with Gasteiger partial charge >= 0.3 is 0 Å². The van der Waals surface area contributed by atoms with E-state index in [0.717, 1.165) is 31.5 Å². The van der Waals surface area contributed by atoms with Crippen molar-refractivity contribution in [3.05, 3.63) is 93.8 Å². The summed E-state index contributed by atoms with van der Waals surface area (Å²) in [7, 11) is -3.71. The third-order valence-corrected chi connectivity index (χ3v) is 20.5. The second-order valence-electron chi connectivity index (χ2n) is 18.9. The van der Waals surface area contributed by atoms with Crippen LogP contribution in [0.4, 0.5) is 5.69 Å². The Morgan fingerprint density at radius 1 is 0.815 bits per heavy atom. The molecule has 9 heteroatoms. The lowest BCUT2D eigenvalue weighted by atomic mass is 9.75. The van der Waals surface area contributed by atoms with Crippen LogP contribution in [0.1, 0.15) is 87.6 Å². The molecular formula is C45H64N4O3Si2. The molecule has 1 aromatic rings. The first-order valence-electron chi connectivity index (χ1n) is 19.1. The molecule has 1 heterocycles. The van der Waals surface area contributed by atoms with Crippen molar-refractivity contribution in [2.45, 2.75) is 124 Å². The van der Waals surface area contributed by atoms with E-state index in [1.807, 2.05) is 38.1 Å². The van der Waals surface area contributed by atoms with Gasteiger partial charge in [-0.2, -0.15) is 15.8 Å². The van der Waals surface area contributed by atoms with E-state index in [1.54, 1.807) is 0 Å². The molecule has 0 radical (unpaired) electrons. The molecule has 0 N–H and O–H groups in total. The largest absolute Gasteiger partial charge is 0.480 e. The minimum atomic E-state index is -1.86. The minimum absolute atomic E-state index is 0.0537. The lowest BCUT2D eigenvalue weighted by Crippen LogP contribution is -2.44. The Hall–Kier alpha value is -3.92. The van der Waals surface area contributed by atoms with Crippen molar-refractivity contribution in [1.82, 2.24) is 0 Å². The maximum atomic E-state index is 9.88. The van der Waals surface area contributed by atoms with E-state index in [-0.39, 0.29) is 32.4 Å². The lowest BCUT2D eigenvalue weighted by Gasteiger charge is -2.38. The zero-order valence-electron chi connectivity index (χ0n) is 35.5. The van der Waals surface area contributed by atoms with Crippen molar-refractivity contribution < 1.29 is 13.6 Å². The quantitative estimate of drug-likeness (QED) is 0.145. The van der Waals surface area contributed by atoms with Gasteiger partial charge in [-0.25, -0.2) is 0 Å². The smallest absolute Gasteiger partial charge is 0.192 e. The molecule has 0 amide bonds. The van der Waals surface area contributed by atoms with Gasteiger partial charge in [0.25, 0.3) is 0 Å². The van der Waals surface area contributed by atoms with E-state index >= 15 is 0 Å². The van der Waals surface area contributed by atoms with E-state index in [2.05, 4.69) is 141 Å². The fraction of sp³-hybridized carbons (Fsp3) is 0.533. The summed E-state index contributed by atoms with van der Waals surface area (Å²) in [4.78, 5) is 2.40. The highest BCUT2D eigenvalue weighted by Gasteiger charge is 2.40. The number of hydrogen-bond acceptors (Lipinski definition) is 7. The SMILES string of the molecule is CC1(C)CC(/C=C/c2ccc(N(CCO[Si](C)(C)C(C)(C)C)CCO[Si](C)(C)C(C)(C)C)cc2)=CC(=C/C=C/C2=C(C#N)C(=C(C#N)C#N)OC2(C)C)/C1. The molecule has 1 aliphatic carbocycles. The summed E-state index contributed by atoms with van der Waals surface area (Å²) < 4.78 is 19.1. The van der Waals surface area contributed by atoms with Gasteiger partial charge in [-0.15, -0.1) is 0 Å². The van der Waals surface area contributed by atoms with Crippen molar-refractivity contribution in [1.29, 1.82) is 15.8 Å². The Morgan fingerprint density at radius 2 is 1.35 bits per heavy atom. The van der Waals surface area contributed by atoms with Gasteiger partial charge in [0, 0.05) is 24.4 Å². The molecule has 0 fully saturated rings. The highest BCUT2D eigenvalue weighted by atomic mass is 28.4. The zero-order valence-corrected chi connectivity index (χ0v) is 37.5. The molecule has 0 bridgehead atoms. The van der Waals surface area contributed by atoms with Crippen molar-refractivity contribution in [3.8, 4) is 18.2 Å². The van der Waals surface area contributed by atoms with E-state index in [9.17, 15) is 15.8 Å². The van der Waals surface area contributed by atoms with E-state index in [1.165, 1.54) is 16.8 Å². The van der Waals surface area contributed by atoms with Crippen LogP contribution in [0.15, 0.2) is 88.3 Å². The van der Waals surface area contributed by atoms with Crippen LogP contribution in [0.25, 0.3) is 6.08 Å². The van der Waals surface area contributed by atoms with Crippen LogP contribution in [-0.4, -0.2) is 48.5 Å². The first-order valence-corrected chi connectivity index (χ1v) is 25.0. The monoisotopic (exact) mass is 764 g/mol. The highest BCUT2D eigenvalue weighted by molar-refractivity contribution is 6.74. The second-order valence-corrected chi connectivity index (χ2v) is 28.5. The summed E-state index contributed by atoms with van der Waals surface area (Å²) in [5.74, 6) is 0.0537. The Morgan fingerprint density at radius 3 is 1.83 bits per heavy atom. The number of hydrogen-bond donors (Lipinski definition) is 0. The van der Waals surface area contributed by atoms with Gasteiger partial charge in [-0.3, -0.25) is 0 Å². The van der Waals surface area contributed by atoms with Gasteiger partial charge in [-0.1, -0.05) is 104 Å². The molecule has 0 aromatic heterocycles. The van der Waals surface area contributed by atoms with E-state index < -0.39 is 22.2 Å². The molecule has 290 valence electrons. The molecule has 0 saturated carbocycles. The Bertz CT molecular complexity index is 1790. The number of rotatable bonds is 13. The molecule has 2 aliphatic rings. The fourth-order valence-corrected chi connectivity index (χ4v) is 8.17. The van der Waals surface area contributed by atoms with Crippen molar-refractivity contribution in [3.63, 3.8) is 0 Å². The summed E-state index contributed by atoms with van der Waals surface area (Å²) in [6.07, 6.45) is 14.4. The third-order valence-electron chi connectivity index (χ3n) is 11.4. The summed E-state index contributed by atoms with van der Waals surface area (Å²) in [6.45, 7) is 34.2. The summed E-state index contributed by atoms with van der Waals surface area (Å²) in [6, 6.07) is 14.6. The third kappa shape index (κ3) is 11.5. The maximum absolute atomic E-state index is 9.88.